The Bertz CT molecular complexity index is 1180. The molecule has 11 heteroatoms. The van der Waals surface area contributed by atoms with E-state index in [9.17, 15) is 35.1 Å². The molecule has 0 fully saturated rings. The summed E-state index contributed by atoms with van der Waals surface area (Å²) >= 11 is 0. The van der Waals surface area contributed by atoms with Crippen molar-refractivity contribution in [3.05, 3.63) is 81.7 Å². The maximum Gasteiger partial charge on any atom is 0.257 e. The van der Waals surface area contributed by atoms with E-state index in [-0.39, 0.29) is 18.2 Å². The van der Waals surface area contributed by atoms with Crippen molar-refractivity contribution in [1.82, 2.24) is 0 Å². The molecule has 0 unspecified atom stereocenters. The predicted octanol–water partition coefficient (Wildman–Crippen LogP) is 4.08. The zero-order valence-electron chi connectivity index (χ0n) is 16.6. The Kier molecular flexibility index (Phi) is 6.21. The molecule has 3 aromatic rings. The Morgan fingerprint density at radius 3 is 1.31 bits per heavy atom. The van der Waals surface area contributed by atoms with Gasteiger partial charge in [-0.1, -0.05) is 0 Å². The summed E-state index contributed by atoms with van der Waals surface area (Å²) in [6.45, 7) is -0.629. The first-order chi connectivity index (χ1) is 14.9. The molecule has 0 aliphatic rings. The number of benzene rings is 3. The summed E-state index contributed by atoms with van der Waals surface area (Å²) in [6, 6.07) is 0.243. The van der Waals surface area contributed by atoms with Crippen molar-refractivity contribution in [2.75, 3.05) is 7.11 Å². The molecule has 0 aromatic heterocycles. The predicted molar refractivity (Wildman–Crippen MR) is 99.6 cm³/mol. The fourth-order valence-corrected chi connectivity index (χ4v) is 3.64. The largest absolute Gasteiger partial charge is 0.491 e. The summed E-state index contributed by atoms with van der Waals surface area (Å²) < 4.78 is 134. The quantitative estimate of drug-likeness (QED) is 0.323. The molecule has 0 aliphatic carbocycles. The molecule has 0 bridgehead atoms. The summed E-state index contributed by atoms with van der Waals surface area (Å²) in [5.41, 5.74) is -4.83. The Labute approximate surface area is 176 Å². The lowest BCUT2D eigenvalue weighted by Crippen LogP contribution is -2.59. The van der Waals surface area contributed by atoms with E-state index in [1.807, 2.05) is 0 Å². The highest BCUT2D eigenvalue weighted by Crippen LogP contribution is 2.24. The van der Waals surface area contributed by atoms with Gasteiger partial charge in [0, 0.05) is 23.7 Å². The number of hydrogen-bond donors (Lipinski definition) is 0. The van der Waals surface area contributed by atoms with Crippen molar-refractivity contribution < 1.29 is 44.3 Å². The Balaban J connectivity index is 2.57. The molecule has 3 aromatic carbocycles. The number of ether oxygens (including phenoxy) is 1. The van der Waals surface area contributed by atoms with Crippen LogP contribution in [0.3, 0.4) is 0 Å². The van der Waals surface area contributed by atoms with Crippen LogP contribution in [0, 0.1) is 66.2 Å². The zero-order chi connectivity index (χ0) is 24.1. The van der Waals surface area contributed by atoms with Crippen molar-refractivity contribution in [2.45, 2.75) is 13.8 Å². The third-order valence-electron chi connectivity index (χ3n) is 5.14. The number of halogens is 9. The van der Waals surface area contributed by atoms with Gasteiger partial charge in [-0.2, -0.15) is 0 Å². The normalized spacial score (nSPS) is 11.1. The van der Waals surface area contributed by atoms with Crippen molar-refractivity contribution in [3.63, 3.8) is 0 Å². The monoisotopic (exact) mass is 462 g/mol. The fraction of sp³-hybridized carbons (Fsp3) is 0.143. The van der Waals surface area contributed by atoms with Crippen LogP contribution in [0.2, 0.25) is 0 Å². The van der Waals surface area contributed by atoms with Gasteiger partial charge >= 0.3 is 0 Å². The van der Waals surface area contributed by atoms with Crippen LogP contribution >= 0.6 is 0 Å². The van der Waals surface area contributed by atoms with Gasteiger partial charge in [-0.15, -0.1) is 0 Å². The lowest BCUT2D eigenvalue weighted by Gasteiger charge is -2.23. The summed E-state index contributed by atoms with van der Waals surface area (Å²) in [7, 11) is 0.824. The lowest BCUT2D eigenvalue weighted by atomic mass is 9.35. The van der Waals surface area contributed by atoms with Crippen LogP contribution in [0.5, 0.6) is 5.75 Å². The molecular weight excluding hydrogens is 450 g/mol. The fourth-order valence-electron chi connectivity index (χ4n) is 3.64. The molecular formula is C21H12BF9O. The highest BCUT2D eigenvalue weighted by molar-refractivity contribution is 6.96. The van der Waals surface area contributed by atoms with Gasteiger partial charge in [-0.05, 0) is 35.9 Å². The summed E-state index contributed by atoms with van der Waals surface area (Å²) in [4.78, 5) is 0. The van der Waals surface area contributed by atoms with Gasteiger partial charge in [0.25, 0.3) is 6.71 Å². The maximum absolute atomic E-state index is 15.1. The van der Waals surface area contributed by atoms with Gasteiger partial charge in [-0.3, -0.25) is 0 Å². The SMILES string of the molecule is COc1c(F)cc(F)c(B(c2c(F)cc(F)c(F)c2C)c2c(F)cc(F)c(F)c2C)c1F. The van der Waals surface area contributed by atoms with Crippen LogP contribution in [0.1, 0.15) is 11.1 Å². The first-order valence-corrected chi connectivity index (χ1v) is 8.91. The molecule has 0 saturated carbocycles. The molecule has 32 heavy (non-hydrogen) atoms. The van der Waals surface area contributed by atoms with E-state index in [0.717, 1.165) is 21.0 Å². The molecule has 0 amide bonds. The van der Waals surface area contributed by atoms with E-state index in [0.29, 0.717) is 0 Å². The Hall–Kier alpha value is -3.11. The molecule has 0 saturated heterocycles. The van der Waals surface area contributed by atoms with Gasteiger partial charge in [0.05, 0.1) is 7.11 Å². The van der Waals surface area contributed by atoms with E-state index in [1.165, 1.54) is 0 Å². The minimum Gasteiger partial charge on any atom is -0.491 e. The van der Waals surface area contributed by atoms with E-state index < -0.39 is 92.3 Å². The molecule has 0 heterocycles. The van der Waals surface area contributed by atoms with Gasteiger partial charge in [0.2, 0.25) is 0 Å². The molecule has 0 N–H and O–H groups in total. The molecule has 3 rings (SSSR count). The van der Waals surface area contributed by atoms with Crippen LogP contribution < -0.4 is 21.1 Å². The molecule has 168 valence electrons. The van der Waals surface area contributed by atoms with Crippen LogP contribution in [0.15, 0.2) is 18.2 Å². The van der Waals surface area contributed by atoms with E-state index in [1.54, 1.807) is 0 Å². The first kappa shape index (κ1) is 23.6. The molecule has 0 radical (unpaired) electrons. The summed E-state index contributed by atoms with van der Waals surface area (Å²) in [5.74, 6) is -15.8. The minimum absolute atomic E-state index is 0.0500. The maximum atomic E-state index is 15.1. The standard InChI is InChI=1S/C21H12BF9O/c1-7-15(9(23)4-12(26)18(7)29)22(16-8(2)19(30)13(27)5-10(16)24)17-11(25)6-14(28)21(32-3)20(17)31/h4-6H,1-3H3. The van der Waals surface area contributed by atoms with Crippen molar-refractivity contribution in [2.24, 2.45) is 0 Å². The number of rotatable bonds is 4. The Morgan fingerprint density at radius 1 is 0.531 bits per heavy atom. The molecule has 0 spiro atoms. The lowest BCUT2D eigenvalue weighted by molar-refractivity contribution is 0.358. The van der Waals surface area contributed by atoms with Gasteiger partial charge in [0.15, 0.2) is 40.7 Å². The van der Waals surface area contributed by atoms with Crippen LogP contribution in [-0.2, 0) is 0 Å². The summed E-state index contributed by atoms with van der Waals surface area (Å²) in [5, 5.41) is 0. The summed E-state index contributed by atoms with van der Waals surface area (Å²) in [6.07, 6.45) is 0. The first-order valence-electron chi connectivity index (χ1n) is 8.91. The van der Waals surface area contributed by atoms with Crippen molar-refractivity contribution in [1.29, 1.82) is 0 Å². The van der Waals surface area contributed by atoms with E-state index >= 15 is 4.39 Å². The number of methoxy groups -OCH3 is 1. The minimum atomic E-state index is -2.31. The second kappa shape index (κ2) is 8.44. The second-order valence-electron chi connectivity index (χ2n) is 6.92. The highest BCUT2D eigenvalue weighted by atomic mass is 19.2. The van der Waals surface area contributed by atoms with Crippen LogP contribution in [0.25, 0.3) is 0 Å². The Morgan fingerprint density at radius 2 is 0.906 bits per heavy atom. The second-order valence-corrected chi connectivity index (χ2v) is 6.92. The van der Waals surface area contributed by atoms with Crippen molar-refractivity contribution >= 4 is 23.1 Å². The number of hydrogen-bond acceptors (Lipinski definition) is 1. The van der Waals surface area contributed by atoms with E-state index in [2.05, 4.69) is 4.74 Å². The van der Waals surface area contributed by atoms with Crippen molar-refractivity contribution in [3.8, 4) is 5.75 Å². The van der Waals surface area contributed by atoms with Crippen LogP contribution in [-0.4, -0.2) is 13.8 Å². The highest BCUT2D eigenvalue weighted by Gasteiger charge is 2.39. The zero-order valence-corrected chi connectivity index (χ0v) is 16.6. The average molecular weight is 462 g/mol. The van der Waals surface area contributed by atoms with Gasteiger partial charge in [0.1, 0.15) is 17.5 Å². The molecule has 0 atom stereocenters. The smallest absolute Gasteiger partial charge is 0.257 e. The van der Waals surface area contributed by atoms with Crippen LogP contribution in [0.4, 0.5) is 39.5 Å². The van der Waals surface area contributed by atoms with Gasteiger partial charge < -0.3 is 4.74 Å². The third-order valence-corrected chi connectivity index (χ3v) is 5.14. The molecule has 1 nitrogen and oxygen atoms in total. The van der Waals surface area contributed by atoms with E-state index in [4.69, 9.17) is 0 Å². The third kappa shape index (κ3) is 3.59. The molecule has 0 aliphatic heterocycles. The topological polar surface area (TPSA) is 9.23 Å². The average Bonchev–Trinajstić information content (AvgIpc) is 2.70. The van der Waals surface area contributed by atoms with Gasteiger partial charge in [-0.25, -0.2) is 39.5 Å².